The Labute approximate surface area is 182 Å². The molecule has 0 saturated heterocycles. The van der Waals surface area contributed by atoms with Gasteiger partial charge in [-0.25, -0.2) is 0 Å². The predicted octanol–water partition coefficient (Wildman–Crippen LogP) is 8.96. The summed E-state index contributed by atoms with van der Waals surface area (Å²) in [5, 5.41) is 10.2. The molecule has 6 rings (SSSR count). The molecule has 0 atom stereocenters. The van der Waals surface area contributed by atoms with Crippen molar-refractivity contribution in [2.45, 2.75) is 40.0 Å². The Kier molecular flexibility index (Phi) is 3.63. The zero-order chi connectivity index (χ0) is 21.5. The lowest BCUT2D eigenvalue weighted by Gasteiger charge is -2.22. The first-order chi connectivity index (χ1) is 14.8. The van der Waals surface area contributed by atoms with Gasteiger partial charge >= 0.3 is 0 Å². The Bertz CT molecular complexity index is 1670. The van der Waals surface area contributed by atoms with Gasteiger partial charge in [0.1, 0.15) is 11.2 Å². The first kappa shape index (κ1) is 18.4. The third-order valence-corrected chi connectivity index (χ3v) is 6.75. The quantitative estimate of drug-likeness (QED) is 0.231. The minimum atomic E-state index is 0.0166. The zero-order valence-electron chi connectivity index (χ0n) is 18.8. The van der Waals surface area contributed by atoms with Crippen LogP contribution in [0.3, 0.4) is 0 Å². The van der Waals surface area contributed by atoms with Crippen molar-refractivity contribution in [3.8, 4) is 0 Å². The monoisotopic (exact) mass is 402 g/mol. The molecule has 0 saturated carbocycles. The highest BCUT2D eigenvalue weighted by molar-refractivity contribution is 6.28. The maximum absolute atomic E-state index is 6.64. The molecule has 152 valence electrons. The van der Waals surface area contributed by atoms with Gasteiger partial charge in [0.15, 0.2) is 0 Å². The van der Waals surface area contributed by atoms with Crippen LogP contribution in [0.15, 0.2) is 71.1 Å². The molecule has 0 amide bonds. The minimum Gasteiger partial charge on any atom is -0.456 e. The molecule has 1 aromatic heterocycles. The Balaban J connectivity index is 1.89. The summed E-state index contributed by atoms with van der Waals surface area (Å²) in [5.41, 5.74) is 5.93. The Hall–Kier alpha value is -3.32. The number of furan rings is 1. The molecule has 1 nitrogen and oxygen atoms in total. The van der Waals surface area contributed by atoms with Gasteiger partial charge in [0.2, 0.25) is 0 Å². The van der Waals surface area contributed by atoms with Crippen molar-refractivity contribution < 1.29 is 4.42 Å². The van der Waals surface area contributed by atoms with E-state index in [1.165, 1.54) is 59.8 Å². The maximum Gasteiger partial charge on any atom is 0.139 e. The van der Waals surface area contributed by atoms with Crippen molar-refractivity contribution in [3.05, 3.63) is 83.4 Å². The van der Waals surface area contributed by atoms with Crippen LogP contribution in [0.1, 0.15) is 37.5 Å². The molecule has 0 spiro atoms. The molecule has 0 bridgehead atoms. The average Bonchev–Trinajstić information content (AvgIpc) is 3.10. The molecular weight excluding hydrogens is 376 g/mol. The Morgan fingerprint density at radius 3 is 1.65 bits per heavy atom. The van der Waals surface area contributed by atoms with E-state index in [9.17, 15) is 0 Å². The smallest absolute Gasteiger partial charge is 0.139 e. The van der Waals surface area contributed by atoms with Crippen LogP contribution in [0.2, 0.25) is 0 Å². The van der Waals surface area contributed by atoms with E-state index in [1.54, 1.807) is 0 Å². The van der Waals surface area contributed by atoms with E-state index >= 15 is 0 Å². The molecular formula is C30H26O. The van der Waals surface area contributed by atoms with Crippen LogP contribution in [0.25, 0.3) is 54.3 Å². The van der Waals surface area contributed by atoms with Gasteiger partial charge in [0.05, 0.1) is 0 Å². The fourth-order valence-corrected chi connectivity index (χ4v) is 5.64. The second-order valence-electron chi connectivity index (χ2n) is 9.93. The van der Waals surface area contributed by atoms with Gasteiger partial charge in [0.25, 0.3) is 0 Å². The van der Waals surface area contributed by atoms with E-state index in [4.69, 9.17) is 4.42 Å². The Morgan fingerprint density at radius 1 is 0.581 bits per heavy atom. The molecule has 1 heteroatoms. The fourth-order valence-electron chi connectivity index (χ4n) is 5.64. The lowest BCUT2D eigenvalue weighted by Crippen LogP contribution is -2.13. The molecule has 0 unspecified atom stereocenters. The topological polar surface area (TPSA) is 13.1 Å². The van der Waals surface area contributed by atoms with E-state index in [1.807, 2.05) is 0 Å². The first-order valence-corrected chi connectivity index (χ1v) is 11.0. The third-order valence-electron chi connectivity index (χ3n) is 6.75. The predicted molar refractivity (Wildman–Crippen MR) is 134 cm³/mol. The van der Waals surface area contributed by atoms with Gasteiger partial charge < -0.3 is 4.42 Å². The summed E-state index contributed by atoms with van der Waals surface area (Å²) in [4.78, 5) is 0. The standard InChI is InChI=1S/C30H26O/c1-17-14-18(2)28(30(3,4)5)29-27(17)25-15-23-21-12-8-6-10-19(21)20-11-7-9-13-22(20)24(23)16-26(25)31-29/h6-16H,1-5H3. The minimum absolute atomic E-state index is 0.0166. The van der Waals surface area contributed by atoms with Crippen LogP contribution in [0, 0.1) is 13.8 Å². The van der Waals surface area contributed by atoms with Crippen LogP contribution >= 0.6 is 0 Å². The van der Waals surface area contributed by atoms with Gasteiger partial charge in [-0.05, 0) is 74.8 Å². The van der Waals surface area contributed by atoms with Crippen LogP contribution in [-0.4, -0.2) is 0 Å². The third kappa shape index (κ3) is 2.50. The highest BCUT2D eigenvalue weighted by atomic mass is 16.3. The van der Waals surface area contributed by atoms with Crippen LogP contribution < -0.4 is 0 Å². The normalized spacial score (nSPS) is 12.7. The van der Waals surface area contributed by atoms with E-state index < -0.39 is 0 Å². The van der Waals surface area contributed by atoms with E-state index in [0.717, 1.165) is 11.2 Å². The van der Waals surface area contributed by atoms with Gasteiger partial charge in [-0.2, -0.15) is 0 Å². The van der Waals surface area contributed by atoms with E-state index in [-0.39, 0.29) is 5.41 Å². The van der Waals surface area contributed by atoms with Crippen LogP contribution in [0.4, 0.5) is 0 Å². The molecule has 31 heavy (non-hydrogen) atoms. The fraction of sp³-hybridized carbons (Fsp3) is 0.200. The molecule has 0 fully saturated rings. The number of aryl methyl sites for hydroxylation is 2. The molecule has 0 N–H and O–H groups in total. The highest BCUT2D eigenvalue weighted by Gasteiger charge is 2.25. The number of rotatable bonds is 0. The number of benzene rings is 5. The summed E-state index contributed by atoms with van der Waals surface area (Å²) in [6, 6.07) is 24.4. The van der Waals surface area contributed by atoms with Crippen molar-refractivity contribution in [3.63, 3.8) is 0 Å². The summed E-state index contributed by atoms with van der Waals surface area (Å²) in [6.07, 6.45) is 0. The lowest BCUT2D eigenvalue weighted by atomic mass is 9.82. The lowest BCUT2D eigenvalue weighted by molar-refractivity contribution is 0.569. The van der Waals surface area contributed by atoms with Crippen LogP contribution in [-0.2, 0) is 5.41 Å². The average molecular weight is 403 g/mol. The summed E-state index contributed by atoms with van der Waals surface area (Å²) in [5.74, 6) is 0. The molecule has 0 aliphatic heterocycles. The van der Waals surface area contributed by atoms with Crippen molar-refractivity contribution in [1.82, 2.24) is 0 Å². The number of fused-ring (bicyclic) bond motifs is 9. The van der Waals surface area contributed by atoms with Gasteiger partial charge in [-0.1, -0.05) is 75.4 Å². The van der Waals surface area contributed by atoms with Crippen molar-refractivity contribution in [2.24, 2.45) is 0 Å². The summed E-state index contributed by atoms with van der Waals surface area (Å²) in [7, 11) is 0. The SMILES string of the molecule is Cc1cc(C)c2c(oc3cc4c5ccccc5c5ccccc5c4cc32)c1C(C)(C)C. The van der Waals surface area contributed by atoms with Crippen LogP contribution in [0.5, 0.6) is 0 Å². The first-order valence-electron chi connectivity index (χ1n) is 11.0. The molecule has 0 aliphatic carbocycles. The highest BCUT2D eigenvalue weighted by Crippen LogP contribution is 2.43. The Morgan fingerprint density at radius 2 is 1.10 bits per heavy atom. The second-order valence-corrected chi connectivity index (χ2v) is 9.93. The summed E-state index contributed by atoms with van der Waals surface area (Å²) >= 11 is 0. The van der Waals surface area contributed by atoms with E-state index in [0.29, 0.717) is 0 Å². The van der Waals surface area contributed by atoms with Gasteiger partial charge in [0, 0.05) is 16.3 Å². The molecule has 1 heterocycles. The van der Waals surface area contributed by atoms with Crippen molar-refractivity contribution in [2.75, 3.05) is 0 Å². The molecule has 5 aromatic carbocycles. The largest absolute Gasteiger partial charge is 0.456 e. The molecule has 0 radical (unpaired) electrons. The number of hydrogen-bond donors (Lipinski definition) is 0. The van der Waals surface area contributed by atoms with Crippen molar-refractivity contribution in [1.29, 1.82) is 0 Å². The summed E-state index contributed by atoms with van der Waals surface area (Å²) < 4.78 is 6.64. The number of hydrogen-bond acceptors (Lipinski definition) is 1. The van der Waals surface area contributed by atoms with Gasteiger partial charge in [-0.3, -0.25) is 0 Å². The molecule has 6 aromatic rings. The maximum atomic E-state index is 6.64. The second kappa shape index (κ2) is 6.11. The summed E-state index contributed by atoms with van der Waals surface area (Å²) in [6.45, 7) is 11.2. The molecule has 0 aliphatic rings. The zero-order valence-corrected chi connectivity index (χ0v) is 18.8. The van der Waals surface area contributed by atoms with Gasteiger partial charge in [-0.15, -0.1) is 0 Å². The van der Waals surface area contributed by atoms with Crippen molar-refractivity contribution >= 4 is 54.3 Å². The van der Waals surface area contributed by atoms with E-state index in [2.05, 4.69) is 101 Å².